The van der Waals surface area contributed by atoms with Gasteiger partial charge in [0.05, 0.1) is 18.1 Å². The molecule has 4 fully saturated rings. The minimum atomic E-state index is 0.196. The summed E-state index contributed by atoms with van der Waals surface area (Å²) in [5, 5.41) is 9.70. The first-order chi connectivity index (χ1) is 11.4. The molecule has 0 aliphatic heterocycles. The molecule has 4 rings (SSSR count). The van der Waals surface area contributed by atoms with E-state index in [9.17, 15) is 5.26 Å². The van der Waals surface area contributed by atoms with Crippen molar-refractivity contribution in [3.8, 4) is 6.07 Å². The van der Waals surface area contributed by atoms with Gasteiger partial charge in [-0.2, -0.15) is 5.26 Å². The third-order valence-corrected chi connectivity index (χ3v) is 9.29. The summed E-state index contributed by atoms with van der Waals surface area (Å²) in [6.07, 6.45) is 10.9. The maximum Gasteiger partial charge on any atom is 0.0661 e. The highest BCUT2D eigenvalue weighted by molar-refractivity contribution is 5.14. The van der Waals surface area contributed by atoms with Crippen LogP contribution in [0.3, 0.4) is 0 Å². The van der Waals surface area contributed by atoms with Gasteiger partial charge >= 0.3 is 0 Å². The number of nitriles is 1. The molecule has 2 nitrogen and oxygen atoms in total. The molecule has 2 heteroatoms. The number of fused-ring (bicyclic) bond motifs is 5. The van der Waals surface area contributed by atoms with E-state index >= 15 is 0 Å². The Hall–Kier alpha value is -0.550. The lowest BCUT2D eigenvalue weighted by Gasteiger charge is -2.62. The molecule has 0 amide bonds. The first-order valence-corrected chi connectivity index (χ1v) is 10.4. The maximum absolute atomic E-state index is 9.70. The Morgan fingerprint density at radius 3 is 2.54 bits per heavy atom. The largest absolute Gasteiger partial charge is 0.381 e. The Morgan fingerprint density at radius 2 is 1.83 bits per heavy atom. The average Bonchev–Trinajstić information content (AvgIpc) is 2.90. The summed E-state index contributed by atoms with van der Waals surface area (Å²) in [4.78, 5) is 0. The van der Waals surface area contributed by atoms with Crippen LogP contribution in [0.5, 0.6) is 0 Å². The molecule has 0 heterocycles. The Kier molecular flexibility index (Phi) is 4.03. The number of rotatable bonds is 1. The van der Waals surface area contributed by atoms with Crippen LogP contribution in [0.4, 0.5) is 0 Å². The summed E-state index contributed by atoms with van der Waals surface area (Å²) in [5.41, 5.74) is 0.671. The zero-order chi connectivity index (χ0) is 17.1. The zero-order valence-corrected chi connectivity index (χ0v) is 16.1. The molecule has 9 atom stereocenters. The van der Waals surface area contributed by atoms with Gasteiger partial charge in [0.2, 0.25) is 0 Å². The zero-order valence-electron chi connectivity index (χ0n) is 16.1. The van der Waals surface area contributed by atoms with E-state index in [1.165, 1.54) is 38.5 Å². The standard InChI is InChI=1S/C22H35NO/c1-14-9-10-21(2)15(11-14)5-7-17-18-8-6-16(13-23)22(18,3)12-19(24-4)20(17)21/h14-20H,5-12H2,1-4H3/t14-,15-,16-,17+,18+,19+,20-,21+,22-/m1/s1. The molecule has 4 aliphatic carbocycles. The van der Waals surface area contributed by atoms with E-state index in [1.54, 1.807) is 0 Å². The van der Waals surface area contributed by atoms with Crippen molar-refractivity contribution in [2.45, 2.75) is 78.2 Å². The molecule has 0 bridgehead atoms. The van der Waals surface area contributed by atoms with Crippen LogP contribution in [0.25, 0.3) is 0 Å². The van der Waals surface area contributed by atoms with Crippen LogP contribution in [0.2, 0.25) is 0 Å². The molecule has 134 valence electrons. The second-order valence-electron chi connectivity index (χ2n) is 10.2. The molecule has 4 saturated carbocycles. The molecule has 4 aliphatic rings. The van der Waals surface area contributed by atoms with Crippen LogP contribution in [-0.2, 0) is 4.74 Å². The lowest BCUT2D eigenvalue weighted by molar-refractivity contribution is -0.178. The van der Waals surface area contributed by atoms with Gasteiger partial charge in [-0.25, -0.2) is 0 Å². The van der Waals surface area contributed by atoms with Crippen molar-refractivity contribution in [3.05, 3.63) is 0 Å². The monoisotopic (exact) mass is 329 g/mol. The van der Waals surface area contributed by atoms with Crippen molar-refractivity contribution in [1.82, 2.24) is 0 Å². The molecule has 0 saturated heterocycles. The molecule has 0 aromatic heterocycles. The molecule has 0 aromatic carbocycles. The third kappa shape index (κ3) is 2.16. The van der Waals surface area contributed by atoms with Crippen LogP contribution in [-0.4, -0.2) is 13.2 Å². The lowest BCUT2D eigenvalue weighted by atomic mass is 9.43. The van der Waals surface area contributed by atoms with E-state index in [0.717, 1.165) is 42.4 Å². The summed E-state index contributed by atoms with van der Waals surface area (Å²) in [6, 6.07) is 2.66. The molecule has 0 unspecified atom stereocenters. The van der Waals surface area contributed by atoms with Gasteiger partial charge in [0, 0.05) is 7.11 Å². The van der Waals surface area contributed by atoms with Gasteiger partial charge in [0.1, 0.15) is 0 Å². The van der Waals surface area contributed by atoms with E-state index in [4.69, 9.17) is 4.74 Å². The highest BCUT2D eigenvalue weighted by Gasteiger charge is 2.63. The molecule has 24 heavy (non-hydrogen) atoms. The van der Waals surface area contributed by atoms with Crippen molar-refractivity contribution in [3.63, 3.8) is 0 Å². The Morgan fingerprint density at radius 1 is 1.04 bits per heavy atom. The van der Waals surface area contributed by atoms with Crippen molar-refractivity contribution in [2.75, 3.05) is 7.11 Å². The molecular weight excluding hydrogens is 294 g/mol. The van der Waals surface area contributed by atoms with Crippen molar-refractivity contribution < 1.29 is 4.74 Å². The summed E-state index contributed by atoms with van der Waals surface area (Å²) in [7, 11) is 1.93. The predicted molar refractivity (Wildman–Crippen MR) is 96.2 cm³/mol. The molecule has 0 radical (unpaired) electrons. The Labute approximate surface area is 148 Å². The van der Waals surface area contributed by atoms with Gasteiger partial charge in [-0.1, -0.05) is 27.2 Å². The van der Waals surface area contributed by atoms with E-state index in [2.05, 4.69) is 26.8 Å². The van der Waals surface area contributed by atoms with Crippen molar-refractivity contribution in [2.24, 2.45) is 46.3 Å². The number of hydrogen-bond donors (Lipinski definition) is 0. The van der Waals surface area contributed by atoms with Gasteiger partial charge in [0.15, 0.2) is 0 Å². The topological polar surface area (TPSA) is 33.0 Å². The fourth-order valence-electron chi connectivity index (χ4n) is 8.00. The molecule has 0 aromatic rings. The highest BCUT2D eigenvalue weighted by Crippen LogP contribution is 2.68. The van der Waals surface area contributed by atoms with Gasteiger partial charge in [0.25, 0.3) is 0 Å². The predicted octanol–water partition coefficient (Wildman–Crippen LogP) is 5.43. The van der Waals surface area contributed by atoms with Crippen LogP contribution >= 0.6 is 0 Å². The summed E-state index contributed by atoms with van der Waals surface area (Å²) >= 11 is 0. The second kappa shape index (κ2) is 5.73. The average molecular weight is 330 g/mol. The quantitative estimate of drug-likeness (QED) is 0.642. The van der Waals surface area contributed by atoms with Crippen LogP contribution < -0.4 is 0 Å². The smallest absolute Gasteiger partial charge is 0.0661 e. The normalized spacial score (nSPS) is 56.7. The van der Waals surface area contributed by atoms with E-state index in [0.29, 0.717) is 11.5 Å². The number of hydrogen-bond acceptors (Lipinski definition) is 2. The Balaban J connectivity index is 1.70. The van der Waals surface area contributed by atoms with Crippen molar-refractivity contribution in [1.29, 1.82) is 5.26 Å². The van der Waals surface area contributed by atoms with E-state index < -0.39 is 0 Å². The van der Waals surface area contributed by atoms with Crippen molar-refractivity contribution >= 4 is 0 Å². The third-order valence-electron chi connectivity index (χ3n) is 9.29. The Bertz CT molecular complexity index is 539. The van der Waals surface area contributed by atoms with Gasteiger partial charge < -0.3 is 4.74 Å². The fourth-order valence-corrected chi connectivity index (χ4v) is 8.00. The summed E-state index contributed by atoms with van der Waals surface area (Å²) in [6.45, 7) is 7.47. The van der Waals surface area contributed by atoms with Crippen LogP contribution in [0.15, 0.2) is 0 Å². The molecule has 0 N–H and O–H groups in total. The lowest BCUT2D eigenvalue weighted by Crippen LogP contribution is -2.59. The first-order valence-electron chi connectivity index (χ1n) is 10.4. The summed E-state index contributed by atoms with van der Waals surface area (Å²) in [5.74, 6) is 4.33. The molecular formula is C22H35NO. The van der Waals surface area contributed by atoms with Gasteiger partial charge in [-0.15, -0.1) is 0 Å². The van der Waals surface area contributed by atoms with Gasteiger partial charge in [-0.05, 0) is 85.4 Å². The highest BCUT2D eigenvalue weighted by atomic mass is 16.5. The maximum atomic E-state index is 9.70. The second-order valence-corrected chi connectivity index (χ2v) is 10.2. The number of methoxy groups -OCH3 is 1. The fraction of sp³-hybridized carbons (Fsp3) is 0.955. The SMILES string of the molecule is CO[C@H]1C[C@]2(C)[C@@H](C#N)CC[C@H]2[C@@H]2CC[C@@H]3C[C@H](C)CC[C@]3(C)[C@H]21. The van der Waals surface area contributed by atoms with E-state index in [1.807, 2.05) is 7.11 Å². The first kappa shape index (κ1) is 16.9. The summed E-state index contributed by atoms with van der Waals surface area (Å²) < 4.78 is 6.16. The number of nitrogens with zero attached hydrogens (tertiary/aromatic N) is 1. The molecule has 0 spiro atoms. The van der Waals surface area contributed by atoms with Crippen LogP contribution in [0.1, 0.15) is 72.1 Å². The minimum absolute atomic E-state index is 0.196. The van der Waals surface area contributed by atoms with E-state index in [-0.39, 0.29) is 11.3 Å². The minimum Gasteiger partial charge on any atom is -0.381 e. The number of ether oxygens (including phenoxy) is 1. The van der Waals surface area contributed by atoms with Crippen LogP contribution in [0, 0.1) is 57.7 Å². The van der Waals surface area contributed by atoms with Gasteiger partial charge in [-0.3, -0.25) is 0 Å².